The van der Waals surface area contributed by atoms with Crippen LogP contribution in [0.5, 0.6) is 11.5 Å². The molecule has 0 atom stereocenters. The number of piperazine rings is 1. The fourth-order valence-electron chi connectivity index (χ4n) is 4.31. The minimum Gasteiger partial charge on any atom is -0.496 e. The number of rotatable bonds is 6. The maximum atomic E-state index is 13.0. The Hall–Kier alpha value is -3.23. The van der Waals surface area contributed by atoms with Gasteiger partial charge in [-0.1, -0.05) is 27.5 Å². The van der Waals surface area contributed by atoms with E-state index < -0.39 is 0 Å². The van der Waals surface area contributed by atoms with E-state index in [-0.39, 0.29) is 11.8 Å². The van der Waals surface area contributed by atoms with Crippen molar-refractivity contribution in [2.24, 2.45) is 0 Å². The lowest BCUT2D eigenvalue weighted by Crippen LogP contribution is -2.48. The summed E-state index contributed by atoms with van der Waals surface area (Å²) in [5, 5.41) is 3.44. The number of benzene rings is 3. The second kappa shape index (κ2) is 11.2. The van der Waals surface area contributed by atoms with Gasteiger partial charge in [0.2, 0.25) is 0 Å². The number of hydrogen-bond donors (Lipinski definition) is 1. The molecule has 1 aliphatic heterocycles. The first-order valence-corrected chi connectivity index (χ1v) is 12.6. The van der Waals surface area contributed by atoms with Gasteiger partial charge in [0.05, 0.1) is 25.3 Å². The number of nitrogens with zero attached hydrogens (tertiary/aromatic N) is 2. The van der Waals surface area contributed by atoms with Gasteiger partial charge in [0.25, 0.3) is 11.8 Å². The van der Waals surface area contributed by atoms with Gasteiger partial charge in [0, 0.05) is 47.0 Å². The Kier molecular flexibility index (Phi) is 8.06. The summed E-state index contributed by atoms with van der Waals surface area (Å²) in [4.78, 5) is 30.0. The van der Waals surface area contributed by atoms with E-state index in [2.05, 4.69) is 26.1 Å². The van der Waals surface area contributed by atoms with Crippen LogP contribution in [0.4, 0.5) is 11.4 Å². The molecule has 1 fully saturated rings. The highest BCUT2D eigenvalue weighted by atomic mass is 79.9. The fourth-order valence-corrected chi connectivity index (χ4v) is 5.05. The first-order valence-electron chi connectivity index (χ1n) is 11.4. The normalized spacial score (nSPS) is 13.4. The summed E-state index contributed by atoms with van der Waals surface area (Å²) < 4.78 is 11.6. The molecule has 1 N–H and O–H groups in total. The van der Waals surface area contributed by atoms with Crippen molar-refractivity contribution in [3.63, 3.8) is 0 Å². The average Bonchev–Trinajstić information content (AvgIpc) is 2.88. The van der Waals surface area contributed by atoms with Crippen molar-refractivity contribution in [1.29, 1.82) is 0 Å². The average molecular weight is 573 g/mol. The summed E-state index contributed by atoms with van der Waals surface area (Å²) in [5.74, 6) is 0.730. The van der Waals surface area contributed by atoms with E-state index in [0.717, 1.165) is 15.7 Å². The number of ether oxygens (including phenoxy) is 2. The summed E-state index contributed by atoms with van der Waals surface area (Å²) in [6.07, 6.45) is 0. The molecule has 188 valence electrons. The molecule has 3 aromatic carbocycles. The predicted molar refractivity (Wildman–Crippen MR) is 146 cm³/mol. The number of methoxy groups -OCH3 is 2. The van der Waals surface area contributed by atoms with E-state index >= 15 is 0 Å². The molecule has 4 rings (SSSR count). The maximum absolute atomic E-state index is 13.0. The van der Waals surface area contributed by atoms with E-state index in [0.29, 0.717) is 59.5 Å². The standard InChI is InChI=1S/C27H27BrClN3O4/c1-17-14-18(28)15-23(25(17)36-3)26(33)30-20-5-7-21(8-6-20)31-10-12-32(13-11-31)27(34)22-16-19(29)4-9-24(22)35-2/h4-9,14-16H,10-13H2,1-3H3,(H,30,33). The lowest BCUT2D eigenvalue weighted by molar-refractivity contribution is 0.0743. The third-order valence-corrected chi connectivity index (χ3v) is 6.83. The largest absolute Gasteiger partial charge is 0.496 e. The van der Waals surface area contributed by atoms with E-state index in [1.165, 1.54) is 0 Å². The number of anilines is 2. The molecule has 2 amide bonds. The SMILES string of the molecule is COc1ccc(Cl)cc1C(=O)N1CCN(c2ccc(NC(=O)c3cc(Br)cc(C)c3OC)cc2)CC1. The van der Waals surface area contributed by atoms with Gasteiger partial charge in [-0.25, -0.2) is 0 Å². The lowest BCUT2D eigenvalue weighted by Gasteiger charge is -2.36. The summed E-state index contributed by atoms with van der Waals surface area (Å²) in [5.41, 5.74) is 3.52. The first kappa shape index (κ1) is 25.9. The third-order valence-electron chi connectivity index (χ3n) is 6.14. The second-order valence-electron chi connectivity index (χ2n) is 8.43. The number of hydrogen-bond acceptors (Lipinski definition) is 5. The second-order valence-corrected chi connectivity index (χ2v) is 9.78. The molecule has 0 saturated carbocycles. The number of carbonyl (C=O) groups is 2. The topological polar surface area (TPSA) is 71.1 Å². The van der Waals surface area contributed by atoms with Crippen LogP contribution in [0.15, 0.2) is 59.1 Å². The number of halogens is 2. The Morgan fingerprint density at radius 1 is 0.917 bits per heavy atom. The Bertz CT molecular complexity index is 1270. The zero-order chi connectivity index (χ0) is 25.8. The van der Waals surface area contributed by atoms with Crippen LogP contribution in [0.2, 0.25) is 5.02 Å². The molecule has 9 heteroatoms. The highest BCUT2D eigenvalue weighted by Gasteiger charge is 2.25. The molecule has 0 radical (unpaired) electrons. The van der Waals surface area contributed by atoms with Gasteiger partial charge in [-0.3, -0.25) is 9.59 Å². The Morgan fingerprint density at radius 2 is 1.61 bits per heavy atom. The number of aryl methyl sites for hydroxylation is 1. The van der Waals surface area contributed by atoms with E-state index in [4.69, 9.17) is 21.1 Å². The molecule has 0 unspecified atom stereocenters. The van der Waals surface area contributed by atoms with Crippen LogP contribution in [0.3, 0.4) is 0 Å². The molecule has 1 heterocycles. The number of amides is 2. The Balaban J connectivity index is 1.39. The molecular formula is C27H27BrClN3O4. The monoisotopic (exact) mass is 571 g/mol. The third kappa shape index (κ3) is 5.60. The van der Waals surface area contributed by atoms with Crippen molar-refractivity contribution in [3.05, 3.63) is 80.8 Å². The predicted octanol–water partition coefficient (Wildman–Crippen LogP) is 5.64. The highest BCUT2D eigenvalue weighted by molar-refractivity contribution is 9.10. The van der Waals surface area contributed by atoms with Crippen molar-refractivity contribution in [2.75, 3.05) is 50.6 Å². The summed E-state index contributed by atoms with van der Waals surface area (Å²) >= 11 is 9.54. The van der Waals surface area contributed by atoms with Crippen LogP contribution in [-0.4, -0.2) is 57.1 Å². The Morgan fingerprint density at radius 3 is 2.25 bits per heavy atom. The molecule has 36 heavy (non-hydrogen) atoms. The van der Waals surface area contributed by atoms with Crippen LogP contribution in [0.25, 0.3) is 0 Å². The van der Waals surface area contributed by atoms with Gasteiger partial charge in [-0.15, -0.1) is 0 Å². The molecule has 7 nitrogen and oxygen atoms in total. The van der Waals surface area contributed by atoms with Crippen molar-refractivity contribution in [3.8, 4) is 11.5 Å². The molecule has 0 aromatic heterocycles. The summed E-state index contributed by atoms with van der Waals surface area (Å²) in [7, 11) is 3.10. The number of carbonyl (C=O) groups excluding carboxylic acids is 2. The lowest BCUT2D eigenvalue weighted by atomic mass is 10.1. The Labute approximate surface area is 224 Å². The van der Waals surface area contributed by atoms with E-state index in [1.807, 2.05) is 42.2 Å². The quantitative estimate of drug-likeness (QED) is 0.414. The minimum atomic E-state index is -0.243. The molecule has 0 bridgehead atoms. The van der Waals surface area contributed by atoms with E-state index in [9.17, 15) is 9.59 Å². The first-order chi connectivity index (χ1) is 17.3. The van der Waals surface area contributed by atoms with Gasteiger partial charge in [0.15, 0.2) is 0 Å². The van der Waals surface area contributed by atoms with Crippen molar-refractivity contribution in [2.45, 2.75) is 6.92 Å². The van der Waals surface area contributed by atoms with Gasteiger partial charge in [-0.05, 0) is 67.1 Å². The van der Waals surface area contributed by atoms with Crippen LogP contribution >= 0.6 is 27.5 Å². The molecule has 0 spiro atoms. The van der Waals surface area contributed by atoms with Crippen molar-refractivity contribution >= 4 is 50.7 Å². The van der Waals surface area contributed by atoms with Crippen molar-refractivity contribution in [1.82, 2.24) is 4.90 Å². The molecule has 1 aliphatic rings. The molecule has 0 aliphatic carbocycles. The maximum Gasteiger partial charge on any atom is 0.259 e. The van der Waals surface area contributed by atoms with E-state index in [1.54, 1.807) is 38.5 Å². The van der Waals surface area contributed by atoms with Crippen LogP contribution in [-0.2, 0) is 0 Å². The van der Waals surface area contributed by atoms with Gasteiger partial charge >= 0.3 is 0 Å². The van der Waals surface area contributed by atoms with Gasteiger partial charge in [0.1, 0.15) is 11.5 Å². The molecular weight excluding hydrogens is 546 g/mol. The zero-order valence-electron chi connectivity index (χ0n) is 20.3. The van der Waals surface area contributed by atoms with Gasteiger partial charge in [-0.2, -0.15) is 0 Å². The van der Waals surface area contributed by atoms with Crippen LogP contribution in [0.1, 0.15) is 26.3 Å². The van der Waals surface area contributed by atoms with Crippen LogP contribution in [0, 0.1) is 6.92 Å². The van der Waals surface area contributed by atoms with Gasteiger partial charge < -0.3 is 24.6 Å². The van der Waals surface area contributed by atoms with Crippen LogP contribution < -0.4 is 19.7 Å². The fraction of sp³-hybridized carbons (Fsp3) is 0.259. The number of nitrogens with one attached hydrogen (secondary N) is 1. The smallest absolute Gasteiger partial charge is 0.259 e. The highest BCUT2D eigenvalue weighted by Crippen LogP contribution is 2.29. The molecule has 3 aromatic rings. The van der Waals surface area contributed by atoms with Crippen molar-refractivity contribution < 1.29 is 19.1 Å². The summed E-state index contributed by atoms with van der Waals surface area (Å²) in [6.45, 7) is 4.43. The minimum absolute atomic E-state index is 0.0923. The zero-order valence-corrected chi connectivity index (χ0v) is 22.6. The summed E-state index contributed by atoms with van der Waals surface area (Å²) in [6, 6.07) is 16.4. The molecule has 1 saturated heterocycles.